The monoisotopic (exact) mass is 393 g/mol. The Balaban J connectivity index is 0.00000180. The Hall–Kier alpha value is -0.490. The molecule has 2 unspecified atom stereocenters. The minimum Gasteiger partial charge on any atom is -0.349 e. The fourth-order valence-electron chi connectivity index (χ4n) is 2.20. The molecule has 106 valence electrons. The van der Waals surface area contributed by atoms with Crippen LogP contribution in [0, 0.1) is 0 Å². The molecule has 3 nitrogen and oxygen atoms in total. The lowest BCUT2D eigenvalue weighted by atomic mass is 10.1. The second-order valence-electron chi connectivity index (χ2n) is 5.18. The highest BCUT2D eigenvalue weighted by Crippen LogP contribution is 2.44. The summed E-state index contributed by atoms with van der Waals surface area (Å²) < 4.78 is 0. The van der Waals surface area contributed by atoms with Crippen molar-refractivity contribution >= 4 is 41.5 Å². The van der Waals surface area contributed by atoms with Crippen LogP contribution < -0.4 is 0 Å². The lowest BCUT2D eigenvalue weighted by molar-refractivity contribution is 0.479. The molecule has 2 rings (SSSR count). The lowest BCUT2D eigenvalue weighted by Crippen LogP contribution is -2.35. The molecule has 1 saturated carbocycles. The number of aliphatic imine (C=N–C) groups is 1. The van der Waals surface area contributed by atoms with E-state index in [1.165, 1.54) is 5.56 Å². The predicted molar refractivity (Wildman–Crippen MR) is 92.8 cm³/mol. The Morgan fingerprint density at radius 1 is 1.21 bits per heavy atom. The standard InChI is InChI=1S/C14H20ClN3.HI/c1-17(2)14(18(3)4)16-13-9-12(13)10-6-5-7-11(15)8-10;/h5-8,12-13H,9H2,1-4H3;1H. The number of hydrogen-bond donors (Lipinski definition) is 0. The van der Waals surface area contributed by atoms with E-state index in [0.29, 0.717) is 12.0 Å². The van der Waals surface area contributed by atoms with E-state index in [1.54, 1.807) is 0 Å². The Bertz CT molecular complexity index is 450. The summed E-state index contributed by atoms with van der Waals surface area (Å²) in [5.74, 6) is 1.54. The molecule has 0 amide bonds. The van der Waals surface area contributed by atoms with Crippen molar-refractivity contribution in [1.82, 2.24) is 9.80 Å². The van der Waals surface area contributed by atoms with E-state index in [2.05, 4.69) is 6.07 Å². The van der Waals surface area contributed by atoms with Gasteiger partial charge in [0.05, 0.1) is 6.04 Å². The molecule has 5 heteroatoms. The molecule has 0 bridgehead atoms. The van der Waals surface area contributed by atoms with Crippen molar-refractivity contribution < 1.29 is 0 Å². The zero-order chi connectivity index (χ0) is 13.3. The largest absolute Gasteiger partial charge is 0.349 e. The van der Waals surface area contributed by atoms with E-state index >= 15 is 0 Å². The molecule has 19 heavy (non-hydrogen) atoms. The number of guanidine groups is 1. The maximum Gasteiger partial charge on any atom is 0.195 e. The van der Waals surface area contributed by atoms with Crippen molar-refractivity contribution in [2.45, 2.75) is 18.4 Å². The van der Waals surface area contributed by atoms with Gasteiger partial charge in [-0.05, 0) is 24.1 Å². The highest BCUT2D eigenvalue weighted by atomic mass is 127. The molecule has 1 aliphatic rings. The van der Waals surface area contributed by atoms with Crippen LogP contribution in [-0.2, 0) is 0 Å². The van der Waals surface area contributed by atoms with Crippen molar-refractivity contribution in [3.8, 4) is 0 Å². The third-order valence-corrected chi connectivity index (χ3v) is 3.35. The van der Waals surface area contributed by atoms with Gasteiger partial charge in [-0.25, -0.2) is 4.99 Å². The van der Waals surface area contributed by atoms with Crippen molar-refractivity contribution in [2.24, 2.45) is 4.99 Å². The van der Waals surface area contributed by atoms with E-state index in [1.807, 2.05) is 56.2 Å². The first-order valence-corrected chi connectivity index (χ1v) is 6.54. The summed E-state index contributed by atoms with van der Waals surface area (Å²) in [6, 6.07) is 8.50. The van der Waals surface area contributed by atoms with Crippen molar-refractivity contribution in [3.63, 3.8) is 0 Å². The van der Waals surface area contributed by atoms with Crippen LogP contribution in [-0.4, -0.2) is 50.0 Å². The second kappa shape index (κ2) is 6.79. The Labute approximate surface area is 137 Å². The molecule has 0 aromatic heterocycles. The van der Waals surface area contributed by atoms with Gasteiger partial charge in [0.2, 0.25) is 0 Å². The SMILES string of the molecule is CN(C)C(=NC1CC1c1cccc(Cl)c1)N(C)C.I. The molecule has 1 aromatic rings. The summed E-state index contributed by atoms with van der Waals surface area (Å²) in [6.07, 6.45) is 1.12. The smallest absolute Gasteiger partial charge is 0.195 e. The molecule has 0 N–H and O–H groups in total. The molecule has 2 atom stereocenters. The molecular weight excluding hydrogens is 373 g/mol. The highest BCUT2D eigenvalue weighted by molar-refractivity contribution is 14.0. The molecule has 1 aliphatic carbocycles. The van der Waals surface area contributed by atoms with Crippen molar-refractivity contribution in [2.75, 3.05) is 28.2 Å². The summed E-state index contributed by atoms with van der Waals surface area (Å²) in [6.45, 7) is 0. The summed E-state index contributed by atoms with van der Waals surface area (Å²) in [5, 5.41) is 0.808. The number of rotatable bonds is 2. The lowest BCUT2D eigenvalue weighted by Gasteiger charge is -2.22. The normalized spacial score (nSPS) is 20.3. The average Bonchev–Trinajstić information content (AvgIpc) is 3.04. The summed E-state index contributed by atoms with van der Waals surface area (Å²) in [4.78, 5) is 8.90. The van der Waals surface area contributed by atoms with Crippen LogP contribution in [0.4, 0.5) is 0 Å². The quantitative estimate of drug-likeness (QED) is 0.436. The van der Waals surface area contributed by atoms with Crippen LogP contribution in [0.3, 0.4) is 0 Å². The minimum absolute atomic E-state index is 0. The first kappa shape index (κ1) is 16.6. The molecular formula is C14H21ClIN3. The Kier molecular flexibility index (Phi) is 5.92. The number of hydrogen-bond acceptors (Lipinski definition) is 1. The first-order chi connectivity index (χ1) is 8.49. The first-order valence-electron chi connectivity index (χ1n) is 6.17. The van der Waals surface area contributed by atoms with Gasteiger partial charge in [0.25, 0.3) is 0 Å². The Morgan fingerprint density at radius 3 is 2.37 bits per heavy atom. The van der Waals surface area contributed by atoms with Crippen LogP contribution in [0.15, 0.2) is 29.3 Å². The number of halogens is 2. The zero-order valence-electron chi connectivity index (χ0n) is 11.8. The van der Waals surface area contributed by atoms with Gasteiger partial charge in [-0.2, -0.15) is 0 Å². The molecule has 0 aliphatic heterocycles. The van der Waals surface area contributed by atoms with Crippen LogP contribution in [0.5, 0.6) is 0 Å². The van der Waals surface area contributed by atoms with Gasteiger partial charge in [-0.1, -0.05) is 23.7 Å². The minimum atomic E-state index is 0. The predicted octanol–water partition coefficient (Wildman–Crippen LogP) is 3.29. The van der Waals surface area contributed by atoms with Crippen LogP contribution in [0.2, 0.25) is 5.02 Å². The topological polar surface area (TPSA) is 18.8 Å². The third-order valence-electron chi connectivity index (χ3n) is 3.11. The van der Waals surface area contributed by atoms with Crippen molar-refractivity contribution in [1.29, 1.82) is 0 Å². The third kappa shape index (κ3) is 4.24. The van der Waals surface area contributed by atoms with Gasteiger partial charge in [-0.3, -0.25) is 0 Å². The average molecular weight is 394 g/mol. The van der Waals surface area contributed by atoms with Gasteiger partial charge in [0.15, 0.2) is 5.96 Å². The fourth-order valence-corrected chi connectivity index (χ4v) is 2.40. The van der Waals surface area contributed by atoms with Gasteiger partial charge < -0.3 is 9.80 Å². The molecule has 0 heterocycles. The van der Waals surface area contributed by atoms with Crippen LogP contribution in [0.25, 0.3) is 0 Å². The number of benzene rings is 1. The van der Waals surface area contributed by atoms with Crippen LogP contribution >= 0.6 is 35.6 Å². The van der Waals surface area contributed by atoms with E-state index < -0.39 is 0 Å². The van der Waals surface area contributed by atoms with Crippen molar-refractivity contribution in [3.05, 3.63) is 34.9 Å². The molecule has 0 spiro atoms. The summed E-state index contributed by atoms with van der Waals surface area (Å²) in [5.41, 5.74) is 1.30. The Morgan fingerprint density at radius 2 is 1.84 bits per heavy atom. The fraction of sp³-hybridized carbons (Fsp3) is 0.500. The molecule has 1 aromatic carbocycles. The van der Waals surface area contributed by atoms with Crippen LogP contribution in [0.1, 0.15) is 17.9 Å². The summed E-state index contributed by atoms with van der Waals surface area (Å²) in [7, 11) is 8.09. The van der Waals surface area contributed by atoms with E-state index in [0.717, 1.165) is 17.4 Å². The summed E-state index contributed by atoms with van der Waals surface area (Å²) >= 11 is 6.02. The molecule has 0 radical (unpaired) electrons. The van der Waals surface area contributed by atoms with E-state index in [9.17, 15) is 0 Å². The van der Waals surface area contributed by atoms with Gasteiger partial charge in [0, 0.05) is 39.1 Å². The second-order valence-corrected chi connectivity index (χ2v) is 5.62. The molecule has 1 fully saturated rings. The van der Waals surface area contributed by atoms with E-state index in [-0.39, 0.29) is 24.0 Å². The molecule has 0 saturated heterocycles. The van der Waals surface area contributed by atoms with Gasteiger partial charge >= 0.3 is 0 Å². The van der Waals surface area contributed by atoms with E-state index in [4.69, 9.17) is 16.6 Å². The number of nitrogens with zero attached hydrogens (tertiary/aromatic N) is 3. The maximum absolute atomic E-state index is 6.02. The maximum atomic E-state index is 6.02. The van der Waals surface area contributed by atoms with Gasteiger partial charge in [0.1, 0.15) is 0 Å². The van der Waals surface area contributed by atoms with Gasteiger partial charge in [-0.15, -0.1) is 24.0 Å². The highest BCUT2D eigenvalue weighted by Gasteiger charge is 2.39. The zero-order valence-corrected chi connectivity index (χ0v) is 14.9.